The molecule has 106 valence electrons. The third-order valence-electron chi connectivity index (χ3n) is 2.58. The molecule has 1 aromatic carbocycles. The molecule has 5 nitrogen and oxygen atoms in total. The Kier molecular flexibility index (Phi) is 3.49. The highest BCUT2D eigenvalue weighted by molar-refractivity contribution is 7.86. The monoisotopic (exact) mass is 286 g/mol. The van der Waals surface area contributed by atoms with Crippen LogP contribution in [0.5, 0.6) is 11.5 Å². The molecule has 0 unspecified atom stereocenters. The van der Waals surface area contributed by atoms with Crippen molar-refractivity contribution in [1.82, 2.24) is 0 Å². The van der Waals surface area contributed by atoms with Crippen LogP contribution in [0.25, 0.3) is 0 Å². The molecule has 0 saturated heterocycles. The van der Waals surface area contributed by atoms with Crippen LogP contribution in [0.15, 0.2) is 18.2 Å². The summed E-state index contributed by atoms with van der Waals surface area (Å²) in [7, 11) is -3.43. The summed E-state index contributed by atoms with van der Waals surface area (Å²) in [6, 6.07) is 5.56. The standard InChI is InChI=1S/C13H18O5S/c1-9(18-19(4,14)15)7-10-5-6-11-12(8-10)17-13(2,3)16-11/h5-6,8-9H,7H2,1-4H3/t9-/m0/s1. The molecule has 0 aromatic heterocycles. The molecule has 1 heterocycles. The van der Waals surface area contributed by atoms with E-state index in [0.29, 0.717) is 17.9 Å². The molecular formula is C13H18O5S. The molecule has 1 aliphatic rings. The maximum atomic E-state index is 11.0. The van der Waals surface area contributed by atoms with E-state index in [1.165, 1.54) is 0 Å². The summed E-state index contributed by atoms with van der Waals surface area (Å²) >= 11 is 0. The van der Waals surface area contributed by atoms with E-state index >= 15 is 0 Å². The van der Waals surface area contributed by atoms with E-state index < -0.39 is 22.0 Å². The minimum Gasteiger partial charge on any atom is -0.449 e. The van der Waals surface area contributed by atoms with Crippen molar-refractivity contribution < 1.29 is 22.1 Å². The van der Waals surface area contributed by atoms with E-state index in [1.54, 1.807) is 6.92 Å². The van der Waals surface area contributed by atoms with Crippen LogP contribution < -0.4 is 9.47 Å². The Hall–Kier alpha value is -1.27. The SMILES string of the molecule is C[C@@H](Cc1ccc2c(c1)OC(C)(C)O2)OS(C)(=O)=O. The van der Waals surface area contributed by atoms with Gasteiger partial charge in [-0.3, -0.25) is 4.18 Å². The summed E-state index contributed by atoms with van der Waals surface area (Å²) in [5.41, 5.74) is 0.941. The largest absolute Gasteiger partial charge is 0.449 e. The second kappa shape index (κ2) is 4.68. The molecule has 19 heavy (non-hydrogen) atoms. The lowest BCUT2D eigenvalue weighted by Gasteiger charge is -2.16. The normalized spacial score (nSPS) is 18.3. The van der Waals surface area contributed by atoms with Crippen molar-refractivity contribution in [3.05, 3.63) is 23.8 Å². The zero-order valence-electron chi connectivity index (χ0n) is 11.5. The Labute approximate surface area is 113 Å². The molecule has 1 aliphatic heterocycles. The summed E-state index contributed by atoms with van der Waals surface area (Å²) in [5.74, 6) is 0.718. The predicted molar refractivity (Wildman–Crippen MR) is 70.9 cm³/mol. The Morgan fingerprint density at radius 1 is 1.26 bits per heavy atom. The lowest BCUT2D eigenvalue weighted by molar-refractivity contribution is -0.0431. The van der Waals surface area contributed by atoms with Crippen molar-refractivity contribution in [2.45, 2.75) is 39.1 Å². The number of hydrogen-bond donors (Lipinski definition) is 0. The van der Waals surface area contributed by atoms with Crippen LogP contribution in [0.2, 0.25) is 0 Å². The van der Waals surface area contributed by atoms with Crippen LogP contribution in [0, 0.1) is 0 Å². The maximum absolute atomic E-state index is 11.0. The number of rotatable bonds is 4. The lowest BCUT2D eigenvalue weighted by Crippen LogP contribution is -2.29. The summed E-state index contributed by atoms with van der Waals surface area (Å²) in [4.78, 5) is 0. The Morgan fingerprint density at radius 3 is 2.53 bits per heavy atom. The Morgan fingerprint density at radius 2 is 1.89 bits per heavy atom. The van der Waals surface area contributed by atoms with Crippen molar-refractivity contribution in [2.24, 2.45) is 0 Å². The number of benzene rings is 1. The molecule has 0 N–H and O–H groups in total. The number of hydrogen-bond acceptors (Lipinski definition) is 5. The summed E-state index contributed by atoms with van der Waals surface area (Å²) in [5, 5.41) is 0. The first kappa shape index (κ1) is 14.1. The molecule has 0 radical (unpaired) electrons. The van der Waals surface area contributed by atoms with E-state index in [1.807, 2.05) is 32.0 Å². The summed E-state index contributed by atoms with van der Waals surface area (Å²) < 4.78 is 38.2. The first-order valence-corrected chi connectivity index (χ1v) is 7.85. The van der Waals surface area contributed by atoms with Gasteiger partial charge in [-0.15, -0.1) is 0 Å². The van der Waals surface area contributed by atoms with Crippen LogP contribution in [-0.2, 0) is 20.7 Å². The highest BCUT2D eigenvalue weighted by Crippen LogP contribution is 2.39. The molecule has 1 atom stereocenters. The maximum Gasteiger partial charge on any atom is 0.264 e. The zero-order chi connectivity index (χ0) is 14.3. The van der Waals surface area contributed by atoms with Crippen LogP contribution in [0.4, 0.5) is 0 Å². The molecule has 2 rings (SSSR count). The van der Waals surface area contributed by atoms with E-state index in [0.717, 1.165) is 11.8 Å². The third kappa shape index (κ3) is 3.84. The van der Waals surface area contributed by atoms with Crippen LogP contribution >= 0.6 is 0 Å². The fraction of sp³-hybridized carbons (Fsp3) is 0.538. The zero-order valence-corrected chi connectivity index (χ0v) is 12.3. The predicted octanol–water partition coefficient (Wildman–Crippen LogP) is 2.10. The highest BCUT2D eigenvalue weighted by Gasteiger charge is 2.31. The second-order valence-electron chi connectivity index (χ2n) is 5.20. The van der Waals surface area contributed by atoms with Crippen LogP contribution in [0.3, 0.4) is 0 Å². The molecular weight excluding hydrogens is 268 g/mol. The van der Waals surface area contributed by atoms with E-state index in [4.69, 9.17) is 13.7 Å². The molecule has 0 bridgehead atoms. The first-order chi connectivity index (χ1) is 8.65. The van der Waals surface area contributed by atoms with Gasteiger partial charge < -0.3 is 9.47 Å². The molecule has 1 aromatic rings. The van der Waals surface area contributed by atoms with E-state index in [-0.39, 0.29) is 0 Å². The topological polar surface area (TPSA) is 61.8 Å². The van der Waals surface area contributed by atoms with Gasteiger partial charge in [0, 0.05) is 13.8 Å². The van der Waals surface area contributed by atoms with Crippen molar-refractivity contribution >= 4 is 10.1 Å². The van der Waals surface area contributed by atoms with Gasteiger partial charge in [0.05, 0.1) is 12.4 Å². The molecule has 0 spiro atoms. The summed E-state index contributed by atoms with van der Waals surface area (Å²) in [6.45, 7) is 5.39. The van der Waals surface area contributed by atoms with Crippen molar-refractivity contribution in [3.63, 3.8) is 0 Å². The van der Waals surface area contributed by atoms with Crippen molar-refractivity contribution in [3.8, 4) is 11.5 Å². The smallest absolute Gasteiger partial charge is 0.264 e. The van der Waals surface area contributed by atoms with Gasteiger partial charge in [0.2, 0.25) is 5.79 Å². The average molecular weight is 286 g/mol. The quantitative estimate of drug-likeness (QED) is 0.793. The van der Waals surface area contributed by atoms with Gasteiger partial charge >= 0.3 is 0 Å². The minimum absolute atomic E-state index is 0.414. The van der Waals surface area contributed by atoms with Gasteiger partial charge in [-0.05, 0) is 31.0 Å². The molecule has 0 fully saturated rings. The van der Waals surface area contributed by atoms with Crippen molar-refractivity contribution in [2.75, 3.05) is 6.26 Å². The lowest BCUT2D eigenvalue weighted by atomic mass is 10.1. The van der Waals surface area contributed by atoms with E-state index in [9.17, 15) is 8.42 Å². The third-order valence-corrected chi connectivity index (χ3v) is 3.26. The fourth-order valence-electron chi connectivity index (χ4n) is 2.06. The first-order valence-electron chi connectivity index (χ1n) is 6.04. The van der Waals surface area contributed by atoms with Gasteiger partial charge in [0.25, 0.3) is 10.1 Å². The van der Waals surface area contributed by atoms with Crippen molar-refractivity contribution in [1.29, 1.82) is 0 Å². The molecule has 6 heteroatoms. The van der Waals surface area contributed by atoms with Gasteiger partial charge in [-0.2, -0.15) is 8.42 Å². The molecule has 0 amide bonds. The Bertz CT molecular complexity index is 577. The molecule has 0 saturated carbocycles. The molecule has 0 aliphatic carbocycles. The highest BCUT2D eigenvalue weighted by atomic mass is 32.2. The van der Waals surface area contributed by atoms with Crippen LogP contribution in [0.1, 0.15) is 26.3 Å². The Balaban J connectivity index is 2.08. The summed E-state index contributed by atoms with van der Waals surface area (Å²) in [6.07, 6.45) is 1.12. The van der Waals surface area contributed by atoms with Gasteiger partial charge in [0.15, 0.2) is 11.5 Å². The minimum atomic E-state index is -3.43. The average Bonchev–Trinajstić information content (AvgIpc) is 2.47. The number of fused-ring (bicyclic) bond motifs is 1. The van der Waals surface area contributed by atoms with Crippen LogP contribution in [-0.4, -0.2) is 26.6 Å². The van der Waals surface area contributed by atoms with Gasteiger partial charge in [-0.25, -0.2) is 0 Å². The number of ether oxygens (including phenoxy) is 2. The van der Waals surface area contributed by atoms with Gasteiger partial charge in [0.1, 0.15) is 0 Å². The van der Waals surface area contributed by atoms with Gasteiger partial charge in [-0.1, -0.05) is 6.07 Å². The van der Waals surface area contributed by atoms with E-state index in [2.05, 4.69) is 0 Å². The second-order valence-corrected chi connectivity index (χ2v) is 6.80. The fourth-order valence-corrected chi connectivity index (χ4v) is 2.72.